The van der Waals surface area contributed by atoms with Crippen molar-refractivity contribution in [2.24, 2.45) is 10.7 Å². The van der Waals surface area contributed by atoms with E-state index in [-0.39, 0.29) is 17.8 Å². The summed E-state index contributed by atoms with van der Waals surface area (Å²) in [6.07, 6.45) is 3.34. The molecule has 0 saturated carbocycles. The third kappa shape index (κ3) is 3.88. The molecule has 8 nitrogen and oxygen atoms in total. The Hall–Kier alpha value is -2.22. The number of nitrogens with zero attached hydrogens (tertiary/aromatic N) is 3. The van der Waals surface area contributed by atoms with Gasteiger partial charge in [0.1, 0.15) is 12.0 Å². The maximum Gasteiger partial charge on any atom is 0.287 e. The third-order valence-corrected chi connectivity index (χ3v) is 2.70. The molecule has 8 heteroatoms. The lowest BCUT2D eigenvalue weighted by Gasteiger charge is -2.07. The van der Waals surface area contributed by atoms with Crippen LogP contribution in [0.15, 0.2) is 23.3 Å². The average molecular weight is 265 g/mol. The number of hydrogen-bond donors (Lipinski definition) is 2. The van der Waals surface area contributed by atoms with Crippen molar-refractivity contribution in [2.45, 2.75) is 18.9 Å². The zero-order chi connectivity index (χ0) is 13.7. The summed E-state index contributed by atoms with van der Waals surface area (Å²) in [5.74, 6) is 0.635. The fourth-order valence-electron chi connectivity index (χ4n) is 1.73. The fraction of sp³-hybridized carbons (Fsp3) is 0.455. The molecule has 1 aliphatic rings. The Morgan fingerprint density at radius 2 is 2.53 bits per heavy atom. The monoisotopic (exact) mass is 265 g/mol. The van der Waals surface area contributed by atoms with Crippen LogP contribution in [0.1, 0.15) is 12.8 Å². The average Bonchev–Trinajstić information content (AvgIpc) is 2.90. The second kappa shape index (κ2) is 6.10. The maximum atomic E-state index is 10.5. The number of hydrogen-bond acceptors (Lipinski definition) is 5. The van der Waals surface area contributed by atoms with Gasteiger partial charge in [0.2, 0.25) is 0 Å². The molecule has 0 spiro atoms. The van der Waals surface area contributed by atoms with Gasteiger partial charge in [-0.1, -0.05) is 0 Å². The highest BCUT2D eigenvalue weighted by molar-refractivity contribution is 5.91. The number of guanidine groups is 1. The van der Waals surface area contributed by atoms with Crippen molar-refractivity contribution in [3.05, 3.63) is 28.4 Å². The van der Waals surface area contributed by atoms with E-state index in [1.54, 1.807) is 0 Å². The van der Waals surface area contributed by atoms with Gasteiger partial charge in [-0.15, -0.1) is 0 Å². The zero-order valence-corrected chi connectivity index (χ0v) is 10.3. The lowest BCUT2D eigenvalue weighted by molar-refractivity contribution is -0.385. The van der Waals surface area contributed by atoms with Crippen molar-refractivity contribution in [2.75, 3.05) is 18.5 Å². The lowest BCUT2D eigenvalue weighted by Crippen LogP contribution is -2.25. The molecule has 1 atom stereocenters. The van der Waals surface area contributed by atoms with Gasteiger partial charge in [-0.25, -0.2) is 4.98 Å². The minimum absolute atomic E-state index is 0.0691. The Morgan fingerprint density at radius 3 is 3.11 bits per heavy atom. The Bertz CT molecular complexity index is 468. The summed E-state index contributed by atoms with van der Waals surface area (Å²) in [6, 6.07) is 2.83. The first-order valence-corrected chi connectivity index (χ1v) is 5.94. The van der Waals surface area contributed by atoms with Crippen molar-refractivity contribution in [1.82, 2.24) is 4.98 Å². The number of rotatable bonds is 4. The number of nitro groups is 1. The lowest BCUT2D eigenvalue weighted by atomic mass is 10.2. The minimum Gasteiger partial charge on any atom is -0.376 e. The van der Waals surface area contributed by atoms with Gasteiger partial charge in [0.25, 0.3) is 5.69 Å². The summed E-state index contributed by atoms with van der Waals surface area (Å²) in [5, 5.41) is 13.2. The van der Waals surface area contributed by atoms with E-state index in [0.29, 0.717) is 12.4 Å². The van der Waals surface area contributed by atoms with Gasteiger partial charge in [0.15, 0.2) is 5.96 Å². The first kappa shape index (κ1) is 13.2. The third-order valence-electron chi connectivity index (χ3n) is 2.70. The van der Waals surface area contributed by atoms with E-state index in [4.69, 9.17) is 10.5 Å². The SMILES string of the molecule is NC(=NCC1CCCO1)Nc1ccc([N+](=O)[O-])cn1. The van der Waals surface area contributed by atoms with Crippen LogP contribution < -0.4 is 11.1 Å². The second-order valence-corrected chi connectivity index (χ2v) is 4.14. The highest BCUT2D eigenvalue weighted by atomic mass is 16.6. The van der Waals surface area contributed by atoms with Crippen LogP contribution in [0.2, 0.25) is 0 Å². The molecule has 1 unspecified atom stereocenters. The number of nitrogens with two attached hydrogens (primary N) is 1. The minimum atomic E-state index is -0.508. The fourth-order valence-corrected chi connectivity index (χ4v) is 1.73. The van der Waals surface area contributed by atoms with Crippen molar-refractivity contribution >= 4 is 17.5 Å². The molecule has 19 heavy (non-hydrogen) atoms. The molecule has 1 aliphatic heterocycles. The molecule has 0 bridgehead atoms. The highest BCUT2D eigenvalue weighted by Gasteiger charge is 2.14. The largest absolute Gasteiger partial charge is 0.376 e. The van der Waals surface area contributed by atoms with E-state index in [1.807, 2.05) is 0 Å². The highest BCUT2D eigenvalue weighted by Crippen LogP contribution is 2.13. The van der Waals surface area contributed by atoms with E-state index in [2.05, 4.69) is 15.3 Å². The van der Waals surface area contributed by atoms with Gasteiger partial charge in [0, 0.05) is 12.7 Å². The smallest absolute Gasteiger partial charge is 0.287 e. The molecule has 2 rings (SSSR count). The van der Waals surface area contributed by atoms with Crippen LogP contribution in [0.5, 0.6) is 0 Å². The van der Waals surface area contributed by atoms with Gasteiger partial charge in [-0.2, -0.15) is 0 Å². The molecule has 102 valence electrons. The molecular formula is C11H15N5O3. The first-order valence-electron chi connectivity index (χ1n) is 5.94. The van der Waals surface area contributed by atoms with E-state index in [0.717, 1.165) is 25.6 Å². The van der Waals surface area contributed by atoms with Crippen LogP contribution in [0.25, 0.3) is 0 Å². The standard InChI is InChI=1S/C11H15N5O3/c12-11(14-7-9-2-1-5-19-9)15-10-4-3-8(6-13-10)16(17)18/h3-4,6,9H,1-2,5,7H2,(H3,12,13,14,15). The zero-order valence-electron chi connectivity index (χ0n) is 10.3. The number of aliphatic imine (C=N–C) groups is 1. The number of ether oxygens (including phenoxy) is 1. The summed E-state index contributed by atoms with van der Waals surface area (Å²) in [5.41, 5.74) is 5.62. The van der Waals surface area contributed by atoms with Gasteiger partial charge in [-0.05, 0) is 18.9 Å². The summed E-state index contributed by atoms with van der Waals surface area (Å²) in [4.78, 5) is 18.0. The van der Waals surface area contributed by atoms with Gasteiger partial charge < -0.3 is 15.8 Å². The Morgan fingerprint density at radius 1 is 1.68 bits per heavy atom. The summed E-state index contributed by atoms with van der Waals surface area (Å²) in [6.45, 7) is 1.28. The van der Waals surface area contributed by atoms with Crippen molar-refractivity contribution in [3.63, 3.8) is 0 Å². The van der Waals surface area contributed by atoms with Gasteiger partial charge in [0.05, 0.1) is 17.6 Å². The van der Waals surface area contributed by atoms with Crippen LogP contribution in [0.4, 0.5) is 11.5 Å². The molecule has 0 aliphatic carbocycles. The van der Waals surface area contributed by atoms with Crippen molar-refractivity contribution < 1.29 is 9.66 Å². The van der Waals surface area contributed by atoms with Crippen molar-refractivity contribution in [3.8, 4) is 0 Å². The summed E-state index contributed by atoms with van der Waals surface area (Å²) < 4.78 is 5.41. The van der Waals surface area contributed by atoms with Crippen LogP contribution in [-0.4, -0.2) is 35.1 Å². The van der Waals surface area contributed by atoms with Crippen LogP contribution in [0, 0.1) is 10.1 Å². The number of aromatic nitrogens is 1. The molecular weight excluding hydrogens is 250 g/mol. The van der Waals surface area contributed by atoms with Crippen LogP contribution >= 0.6 is 0 Å². The Labute approximate surface area is 109 Å². The molecule has 1 aromatic heterocycles. The molecule has 0 amide bonds. The van der Waals surface area contributed by atoms with E-state index < -0.39 is 4.92 Å². The van der Waals surface area contributed by atoms with Gasteiger partial charge >= 0.3 is 0 Å². The van der Waals surface area contributed by atoms with E-state index in [9.17, 15) is 10.1 Å². The normalized spacial score (nSPS) is 19.4. The van der Waals surface area contributed by atoms with E-state index in [1.165, 1.54) is 12.1 Å². The first-order chi connectivity index (χ1) is 9.15. The van der Waals surface area contributed by atoms with Crippen molar-refractivity contribution in [1.29, 1.82) is 0 Å². The molecule has 3 N–H and O–H groups in total. The molecule has 1 fully saturated rings. The molecule has 1 aromatic rings. The summed E-state index contributed by atoms with van der Waals surface area (Å²) >= 11 is 0. The van der Waals surface area contributed by atoms with Crippen LogP contribution in [0.3, 0.4) is 0 Å². The maximum absolute atomic E-state index is 10.5. The topological polar surface area (TPSA) is 116 Å². The predicted octanol–water partition coefficient (Wildman–Crippen LogP) is 0.895. The number of anilines is 1. The second-order valence-electron chi connectivity index (χ2n) is 4.14. The predicted molar refractivity (Wildman–Crippen MR) is 70.0 cm³/mol. The number of pyridine rings is 1. The summed E-state index contributed by atoms with van der Waals surface area (Å²) in [7, 11) is 0. The molecule has 1 saturated heterocycles. The molecule has 2 heterocycles. The molecule has 0 radical (unpaired) electrons. The van der Waals surface area contributed by atoms with Crippen LogP contribution in [-0.2, 0) is 4.74 Å². The Kier molecular flexibility index (Phi) is 4.24. The quantitative estimate of drug-likeness (QED) is 0.361. The van der Waals surface area contributed by atoms with E-state index >= 15 is 0 Å². The van der Waals surface area contributed by atoms with Gasteiger partial charge in [-0.3, -0.25) is 15.1 Å². The number of nitrogens with one attached hydrogen (secondary N) is 1. The Balaban J connectivity index is 1.88. The molecule has 0 aromatic carbocycles.